The van der Waals surface area contributed by atoms with Crippen LogP contribution in [0.1, 0.15) is 25.8 Å². The van der Waals surface area contributed by atoms with Crippen LogP contribution in [-0.2, 0) is 11.3 Å². The Kier molecular flexibility index (Phi) is 8.99. The van der Waals surface area contributed by atoms with Crippen molar-refractivity contribution >= 4 is 23.4 Å². The van der Waals surface area contributed by atoms with E-state index in [2.05, 4.69) is 56.5 Å². The van der Waals surface area contributed by atoms with Crippen molar-refractivity contribution in [3.05, 3.63) is 60.6 Å². The van der Waals surface area contributed by atoms with Crippen molar-refractivity contribution in [2.75, 3.05) is 43.4 Å². The second-order valence-electron chi connectivity index (χ2n) is 9.57. The van der Waals surface area contributed by atoms with Gasteiger partial charge in [0.25, 0.3) is 0 Å². The Labute approximate surface area is 217 Å². The first kappa shape index (κ1) is 26.5. The van der Waals surface area contributed by atoms with Crippen LogP contribution in [-0.4, -0.2) is 80.6 Å². The third-order valence-corrected chi connectivity index (χ3v) is 6.58. The first-order valence-electron chi connectivity index (χ1n) is 12.7. The van der Waals surface area contributed by atoms with Crippen LogP contribution in [0.25, 0.3) is 11.1 Å². The lowest BCUT2D eigenvalue weighted by molar-refractivity contribution is -0.140. The lowest BCUT2D eigenvalue weighted by atomic mass is 10.1. The molecule has 5 N–H and O–H groups in total. The lowest BCUT2D eigenvalue weighted by Gasteiger charge is -2.43. The van der Waals surface area contributed by atoms with Gasteiger partial charge in [-0.05, 0) is 62.2 Å². The summed E-state index contributed by atoms with van der Waals surface area (Å²) in [5.41, 5.74) is 9.57. The zero-order valence-electron chi connectivity index (χ0n) is 21.5. The fourth-order valence-corrected chi connectivity index (χ4v) is 4.56. The number of carboxylic acids is 1. The summed E-state index contributed by atoms with van der Waals surface area (Å²) >= 11 is 0. The zero-order chi connectivity index (χ0) is 26.2. The molecule has 3 aromatic rings. The molecular formula is C27H36N8O2. The van der Waals surface area contributed by atoms with Gasteiger partial charge >= 0.3 is 5.97 Å². The molecular weight excluding hydrogens is 468 g/mol. The number of carbonyl (C=O) groups is 1. The predicted octanol–water partition coefficient (Wildman–Crippen LogP) is 3.02. The Morgan fingerprint density at radius 1 is 1.05 bits per heavy atom. The molecule has 1 aliphatic heterocycles. The summed E-state index contributed by atoms with van der Waals surface area (Å²) in [5, 5.41) is 15.8. The third kappa shape index (κ3) is 7.45. The Balaban J connectivity index is 1.39. The molecule has 0 spiro atoms. The second kappa shape index (κ2) is 12.6. The summed E-state index contributed by atoms with van der Waals surface area (Å²) in [6.45, 7) is 8.10. The van der Waals surface area contributed by atoms with Crippen LogP contribution in [0.15, 0.2) is 55.0 Å². The number of nitrogens with two attached hydrogens (primary N) is 1. The van der Waals surface area contributed by atoms with Crippen molar-refractivity contribution in [3.8, 4) is 11.1 Å². The molecule has 2 aromatic heterocycles. The highest BCUT2D eigenvalue weighted by molar-refractivity contribution is 5.69. The number of piperazine rings is 1. The monoisotopic (exact) mass is 504 g/mol. The average Bonchev–Trinajstić information content (AvgIpc) is 2.88. The summed E-state index contributed by atoms with van der Waals surface area (Å²) in [7, 11) is 0. The van der Waals surface area contributed by atoms with Crippen molar-refractivity contribution < 1.29 is 9.90 Å². The van der Waals surface area contributed by atoms with E-state index in [0.717, 1.165) is 55.2 Å². The Hall–Kier alpha value is -3.60. The van der Waals surface area contributed by atoms with Gasteiger partial charge in [0.15, 0.2) is 0 Å². The van der Waals surface area contributed by atoms with Crippen molar-refractivity contribution in [1.82, 2.24) is 24.8 Å². The van der Waals surface area contributed by atoms with Crippen molar-refractivity contribution in [3.63, 3.8) is 0 Å². The van der Waals surface area contributed by atoms with Crippen LogP contribution in [0.5, 0.6) is 0 Å². The summed E-state index contributed by atoms with van der Waals surface area (Å²) < 4.78 is 0. The molecule has 2 unspecified atom stereocenters. The molecule has 10 nitrogen and oxygen atoms in total. The molecule has 3 heterocycles. The van der Waals surface area contributed by atoms with Crippen LogP contribution in [0, 0.1) is 0 Å². The molecule has 0 amide bonds. The number of anilines is 3. The molecule has 1 aliphatic rings. The standard InChI is InChI=1S/C27H36N8O2/c1-19-16-35(18-26(36)37)20(2)15-34(19)17-21-5-3-6-24(11-21)33-25-12-22(7-10-29-25)23-13-31-27(32-14-23)30-9-4-8-28/h3,5-7,10-14,19-20H,4,8-9,15-18,28H2,1-2H3,(H,29,33)(H,36,37)(H,30,31,32). The number of nitrogens with one attached hydrogen (secondary N) is 2. The van der Waals surface area contributed by atoms with Gasteiger partial charge in [-0.3, -0.25) is 14.6 Å². The van der Waals surface area contributed by atoms with E-state index in [9.17, 15) is 9.90 Å². The molecule has 1 saturated heterocycles. The molecule has 4 rings (SSSR count). The minimum atomic E-state index is -0.774. The second-order valence-corrected chi connectivity index (χ2v) is 9.57. The summed E-state index contributed by atoms with van der Waals surface area (Å²) in [4.78, 5) is 28.9. The van der Waals surface area contributed by atoms with Gasteiger partial charge in [-0.1, -0.05) is 12.1 Å². The van der Waals surface area contributed by atoms with Gasteiger partial charge < -0.3 is 21.5 Å². The zero-order valence-corrected chi connectivity index (χ0v) is 21.5. The summed E-state index contributed by atoms with van der Waals surface area (Å²) in [5.74, 6) is 0.557. The quantitative estimate of drug-likeness (QED) is 0.289. The predicted molar refractivity (Wildman–Crippen MR) is 146 cm³/mol. The van der Waals surface area contributed by atoms with Gasteiger partial charge in [0.05, 0.1) is 6.54 Å². The molecule has 0 saturated carbocycles. The van der Waals surface area contributed by atoms with Crippen molar-refractivity contribution in [2.24, 2.45) is 5.73 Å². The van der Waals surface area contributed by atoms with E-state index >= 15 is 0 Å². The fraction of sp³-hybridized carbons (Fsp3) is 0.407. The first-order chi connectivity index (χ1) is 17.9. The van der Waals surface area contributed by atoms with Crippen LogP contribution >= 0.6 is 0 Å². The van der Waals surface area contributed by atoms with Crippen LogP contribution in [0.3, 0.4) is 0 Å². The van der Waals surface area contributed by atoms with Gasteiger partial charge in [0.2, 0.25) is 5.95 Å². The van der Waals surface area contributed by atoms with Crippen molar-refractivity contribution in [1.29, 1.82) is 0 Å². The van der Waals surface area contributed by atoms with Crippen LogP contribution in [0.2, 0.25) is 0 Å². The van der Waals surface area contributed by atoms with E-state index < -0.39 is 5.97 Å². The molecule has 1 aromatic carbocycles. The number of rotatable bonds is 11. The molecule has 37 heavy (non-hydrogen) atoms. The van der Waals surface area contributed by atoms with Gasteiger partial charge in [-0.15, -0.1) is 0 Å². The van der Waals surface area contributed by atoms with E-state index in [1.165, 1.54) is 5.56 Å². The lowest BCUT2D eigenvalue weighted by Crippen LogP contribution is -2.56. The number of benzene rings is 1. The number of aromatic nitrogens is 3. The van der Waals surface area contributed by atoms with E-state index in [4.69, 9.17) is 5.73 Å². The molecule has 196 valence electrons. The van der Waals surface area contributed by atoms with Gasteiger partial charge in [-0.25, -0.2) is 15.0 Å². The smallest absolute Gasteiger partial charge is 0.317 e. The molecule has 2 atom stereocenters. The first-order valence-corrected chi connectivity index (χ1v) is 12.7. The SMILES string of the molecule is CC1CN(Cc2cccc(Nc3cc(-c4cnc(NCCCN)nc4)ccn3)c2)C(C)CN1CC(=O)O. The highest BCUT2D eigenvalue weighted by atomic mass is 16.4. The highest BCUT2D eigenvalue weighted by Gasteiger charge is 2.29. The Morgan fingerprint density at radius 2 is 1.81 bits per heavy atom. The molecule has 0 bridgehead atoms. The normalized spacial score (nSPS) is 18.5. The maximum atomic E-state index is 11.2. The Bertz CT molecular complexity index is 1170. The Morgan fingerprint density at radius 3 is 2.57 bits per heavy atom. The highest BCUT2D eigenvalue weighted by Crippen LogP contribution is 2.24. The number of carboxylic acid groups (broad SMARTS) is 1. The third-order valence-electron chi connectivity index (χ3n) is 6.58. The van der Waals surface area contributed by atoms with E-state index in [1.807, 2.05) is 29.2 Å². The molecule has 0 aliphatic carbocycles. The van der Waals surface area contributed by atoms with Gasteiger partial charge in [0.1, 0.15) is 5.82 Å². The minimum Gasteiger partial charge on any atom is -0.480 e. The number of aliphatic carboxylic acids is 1. The van der Waals surface area contributed by atoms with E-state index in [1.54, 1.807) is 18.6 Å². The topological polar surface area (TPSA) is 133 Å². The summed E-state index contributed by atoms with van der Waals surface area (Å²) in [6.07, 6.45) is 6.24. The number of nitrogens with zero attached hydrogens (tertiary/aromatic N) is 5. The molecule has 10 heteroatoms. The van der Waals surface area contributed by atoms with Gasteiger partial charge in [-0.2, -0.15) is 0 Å². The number of pyridine rings is 1. The van der Waals surface area contributed by atoms with Crippen LogP contribution < -0.4 is 16.4 Å². The maximum absolute atomic E-state index is 11.2. The van der Waals surface area contributed by atoms with Crippen molar-refractivity contribution in [2.45, 2.75) is 38.9 Å². The number of hydrogen-bond acceptors (Lipinski definition) is 9. The average molecular weight is 505 g/mol. The van der Waals surface area contributed by atoms with Gasteiger partial charge in [0, 0.05) is 68.1 Å². The van der Waals surface area contributed by atoms with E-state index in [0.29, 0.717) is 12.5 Å². The maximum Gasteiger partial charge on any atom is 0.317 e. The minimum absolute atomic E-state index is 0.0900. The largest absolute Gasteiger partial charge is 0.480 e. The number of hydrogen-bond donors (Lipinski definition) is 4. The molecule has 0 radical (unpaired) electrons. The van der Waals surface area contributed by atoms with Crippen LogP contribution in [0.4, 0.5) is 17.5 Å². The van der Waals surface area contributed by atoms with E-state index in [-0.39, 0.29) is 18.6 Å². The fourth-order valence-electron chi connectivity index (χ4n) is 4.56. The summed E-state index contributed by atoms with van der Waals surface area (Å²) in [6, 6.07) is 12.7. The molecule has 1 fully saturated rings.